The van der Waals surface area contributed by atoms with Crippen molar-refractivity contribution in [1.82, 2.24) is 9.80 Å². The molecule has 0 radical (unpaired) electrons. The number of benzene rings is 2. The van der Waals surface area contributed by atoms with E-state index in [0.29, 0.717) is 18.7 Å². The first kappa shape index (κ1) is 22.4. The molecule has 1 saturated heterocycles. The van der Waals surface area contributed by atoms with Crippen molar-refractivity contribution in [2.45, 2.75) is 39.4 Å². The van der Waals surface area contributed by atoms with Crippen LogP contribution >= 0.6 is 12.4 Å². The molecule has 0 bridgehead atoms. The molecule has 0 aromatic heterocycles. The zero-order chi connectivity index (χ0) is 20.5. The van der Waals surface area contributed by atoms with Gasteiger partial charge in [-0.15, -0.1) is 12.4 Å². The average Bonchev–Trinajstić information content (AvgIpc) is 3.11. The van der Waals surface area contributed by atoms with Crippen molar-refractivity contribution in [2.24, 2.45) is 0 Å². The molecule has 2 N–H and O–H groups in total. The number of amides is 1. The smallest absolute Gasteiger partial charge is 0.258 e. The van der Waals surface area contributed by atoms with Crippen LogP contribution in [0.3, 0.4) is 0 Å². The fraction of sp³-hybridized carbons (Fsp3) is 0.435. The lowest BCUT2D eigenvalue weighted by Gasteiger charge is -2.26. The quantitative estimate of drug-likeness (QED) is 0.771. The lowest BCUT2D eigenvalue weighted by Crippen LogP contribution is -2.35. The number of fused-ring (bicyclic) bond motifs is 1. The normalized spacial score (nSPS) is 16.4. The predicted octanol–water partition coefficient (Wildman–Crippen LogP) is 3.63. The molecule has 0 spiro atoms. The molecule has 2 aromatic rings. The Bertz CT molecular complexity index is 926. The van der Waals surface area contributed by atoms with Crippen molar-refractivity contribution in [2.75, 3.05) is 26.3 Å². The van der Waals surface area contributed by atoms with Gasteiger partial charge in [-0.25, -0.2) is 0 Å². The minimum absolute atomic E-state index is 0. The number of aromatic hydroxyl groups is 2. The molecule has 162 valence electrons. The molecule has 30 heavy (non-hydrogen) atoms. The van der Waals surface area contributed by atoms with Gasteiger partial charge in [0, 0.05) is 38.8 Å². The predicted molar refractivity (Wildman–Crippen MR) is 117 cm³/mol. The van der Waals surface area contributed by atoms with Gasteiger partial charge in [-0.2, -0.15) is 0 Å². The first-order valence-corrected chi connectivity index (χ1v) is 10.2. The van der Waals surface area contributed by atoms with Crippen LogP contribution < -0.4 is 0 Å². The second kappa shape index (κ2) is 9.25. The second-order valence-corrected chi connectivity index (χ2v) is 8.24. The first-order valence-electron chi connectivity index (χ1n) is 10.2. The number of ether oxygens (including phenoxy) is 1. The highest BCUT2D eigenvalue weighted by atomic mass is 35.5. The Kier molecular flexibility index (Phi) is 6.91. The van der Waals surface area contributed by atoms with Crippen molar-refractivity contribution in [3.05, 3.63) is 58.1 Å². The Morgan fingerprint density at radius 1 is 1.03 bits per heavy atom. The molecule has 2 heterocycles. The van der Waals surface area contributed by atoms with E-state index in [1.807, 2.05) is 13.8 Å². The van der Waals surface area contributed by atoms with Crippen LogP contribution in [0.2, 0.25) is 0 Å². The molecule has 7 heteroatoms. The number of morpholine rings is 1. The highest BCUT2D eigenvalue weighted by Crippen LogP contribution is 2.34. The summed E-state index contributed by atoms with van der Waals surface area (Å²) in [4.78, 5) is 17.2. The Labute approximate surface area is 183 Å². The van der Waals surface area contributed by atoms with E-state index in [1.54, 1.807) is 11.0 Å². The van der Waals surface area contributed by atoms with Crippen LogP contribution in [-0.2, 0) is 24.4 Å². The first-order chi connectivity index (χ1) is 13.9. The summed E-state index contributed by atoms with van der Waals surface area (Å²) in [6.45, 7) is 9.29. The van der Waals surface area contributed by atoms with Gasteiger partial charge in [-0.05, 0) is 34.2 Å². The van der Waals surface area contributed by atoms with E-state index in [1.165, 1.54) is 11.6 Å². The van der Waals surface area contributed by atoms with Crippen molar-refractivity contribution >= 4 is 18.3 Å². The van der Waals surface area contributed by atoms with E-state index in [4.69, 9.17) is 4.74 Å². The molecule has 2 aliphatic rings. The van der Waals surface area contributed by atoms with Crippen LogP contribution in [0, 0.1) is 0 Å². The van der Waals surface area contributed by atoms with Gasteiger partial charge in [0.1, 0.15) is 11.5 Å². The van der Waals surface area contributed by atoms with E-state index < -0.39 is 0 Å². The topological polar surface area (TPSA) is 73.2 Å². The largest absolute Gasteiger partial charge is 0.508 e. The molecule has 2 aromatic carbocycles. The van der Waals surface area contributed by atoms with Crippen LogP contribution in [0.15, 0.2) is 30.3 Å². The lowest BCUT2D eigenvalue weighted by atomic mass is 9.98. The fourth-order valence-electron chi connectivity index (χ4n) is 4.11. The van der Waals surface area contributed by atoms with Gasteiger partial charge < -0.3 is 19.8 Å². The summed E-state index contributed by atoms with van der Waals surface area (Å²) in [6.07, 6.45) is 0. The molecule has 0 atom stereocenters. The standard InChI is InChI=1S/C23H28N2O4.ClH/c1-15(2)19-10-20(22(27)11-21(19)26)23(28)25-13-17-4-3-16(9-18(17)14-25)12-24-5-7-29-8-6-24;/h3-4,9-11,15,26-27H,5-8,12-14H2,1-2H3;1H. The molecule has 6 nitrogen and oxygen atoms in total. The Morgan fingerprint density at radius 2 is 1.73 bits per heavy atom. The number of hydrogen-bond donors (Lipinski definition) is 2. The van der Waals surface area contributed by atoms with E-state index >= 15 is 0 Å². The molecule has 2 aliphatic heterocycles. The number of phenols is 2. The average molecular weight is 433 g/mol. The van der Waals surface area contributed by atoms with Crippen molar-refractivity contribution < 1.29 is 19.7 Å². The Hall–Kier alpha value is -2.28. The van der Waals surface area contributed by atoms with Gasteiger partial charge in [0.15, 0.2) is 0 Å². The SMILES string of the molecule is CC(C)c1cc(C(=O)N2Cc3ccc(CN4CCOCC4)cc3C2)c(O)cc1O.Cl. The van der Waals surface area contributed by atoms with Gasteiger partial charge in [-0.1, -0.05) is 32.0 Å². The third-order valence-electron chi connectivity index (χ3n) is 5.79. The second-order valence-electron chi connectivity index (χ2n) is 8.24. The summed E-state index contributed by atoms with van der Waals surface area (Å²) in [5.74, 6) is -0.316. The van der Waals surface area contributed by atoms with E-state index in [9.17, 15) is 15.0 Å². The van der Waals surface area contributed by atoms with Gasteiger partial charge in [0.05, 0.1) is 18.8 Å². The number of nitrogens with zero attached hydrogens (tertiary/aromatic N) is 2. The number of hydrogen-bond acceptors (Lipinski definition) is 5. The molecule has 1 amide bonds. The Balaban J connectivity index is 0.00000256. The van der Waals surface area contributed by atoms with Crippen LogP contribution in [-0.4, -0.2) is 52.2 Å². The molecule has 0 unspecified atom stereocenters. The lowest BCUT2D eigenvalue weighted by molar-refractivity contribution is 0.0342. The number of rotatable bonds is 4. The van der Waals surface area contributed by atoms with Gasteiger partial charge in [0.25, 0.3) is 5.91 Å². The van der Waals surface area contributed by atoms with Crippen molar-refractivity contribution in [3.8, 4) is 11.5 Å². The maximum Gasteiger partial charge on any atom is 0.258 e. The van der Waals surface area contributed by atoms with E-state index in [-0.39, 0.29) is 41.3 Å². The molecular formula is C23H29ClN2O4. The van der Waals surface area contributed by atoms with E-state index in [2.05, 4.69) is 23.1 Å². The molecular weight excluding hydrogens is 404 g/mol. The van der Waals surface area contributed by atoms with Crippen LogP contribution in [0.25, 0.3) is 0 Å². The minimum atomic E-state index is -0.213. The van der Waals surface area contributed by atoms with Crippen LogP contribution in [0.5, 0.6) is 11.5 Å². The highest BCUT2D eigenvalue weighted by Gasteiger charge is 2.27. The molecule has 4 rings (SSSR count). The summed E-state index contributed by atoms with van der Waals surface area (Å²) in [5.41, 5.74) is 4.45. The summed E-state index contributed by atoms with van der Waals surface area (Å²) in [5, 5.41) is 20.3. The zero-order valence-electron chi connectivity index (χ0n) is 17.4. The highest BCUT2D eigenvalue weighted by molar-refractivity contribution is 5.97. The van der Waals surface area contributed by atoms with Gasteiger partial charge in [0.2, 0.25) is 0 Å². The van der Waals surface area contributed by atoms with Crippen molar-refractivity contribution in [1.29, 1.82) is 0 Å². The monoisotopic (exact) mass is 432 g/mol. The maximum absolute atomic E-state index is 13.1. The summed E-state index contributed by atoms with van der Waals surface area (Å²) < 4.78 is 5.41. The van der Waals surface area contributed by atoms with Crippen LogP contribution in [0.1, 0.15) is 52.4 Å². The Morgan fingerprint density at radius 3 is 2.43 bits per heavy atom. The summed E-state index contributed by atoms with van der Waals surface area (Å²) in [6, 6.07) is 9.32. The third-order valence-corrected chi connectivity index (χ3v) is 5.79. The number of carbonyl (C=O) groups excluding carboxylic acids is 1. The zero-order valence-corrected chi connectivity index (χ0v) is 18.2. The van der Waals surface area contributed by atoms with E-state index in [0.717, 1.165) is 44.0 Å². The minimum Gasteiger partial charge on any atom is -0.508 e. The summed E-state index contributed by atoms with van der Waals surface area (Å²) >= 11 is 0. The number of carbonyl (C=O) groups is 1. The number of halogens is 1. The fourth-order valence-corrected chi connectivity index (χ4v) is 4.11. The van der Waals surface area contributed by atoms with Gasteiger partial charge in [-0.3, -0.25) is 9.69 Å². The maximum atomic E-state index is 13.1. The van der Waals surface area contributed by atoms with Gasteiger partial charge >= 0.3 is 0 Å². The molecule has 0 saturated carbocycles. The molecule has 0 aliphatic carbocycles. The summed E-state index contributed by atoms with van der Waals surface area (Å²) in [7, 11) is 0. The number of phenolic OH excluding ortho intramolecular Hbond substituents is 2. The van der Waals surface area contributed by atoms with Crippen molar-refractivity contribution in [3.63, 3.8) is 0 Å². The third kappa shape index (κ3) is 4.56. The van der Waals surface area contributed by atoms with Crippen LogP contribution in [0.4, 0.5) is 0 Å². The molecule has 1 fully saturated rings.